The molecule has 0 bridgehead atoms. The molecule has 3 heterocycles. The van der Waals surface area contributed by atoms with Crippen LogP contribution in [0.3, 0.4) is 0 Å². The van der Waals surface area contributed by atoms with Gasteiger partial charge in [0.25, 0.3) is 5.69 Å². The maximum Gasteiger partial charge on any atom is 0.269 e. The number of rotatable bonds is 5. The van der Waals surface area contributed by atoms with E-state index in [0.717, 1.165) is 5.56 Å². The zero-order chi connectivity index (χ0) is 17.9. The van der Waals surface area contributed by atoms with Crippen LogP contribution in [0.15, 0.2) is 65.4 Å². The lowest BCUT2D eigenvalue weighted by Crippen LogP contribution is -1.86. The number of nitro benzene ring substituents is 1. The lowest BCUT2D eigenvalue weighted by atomic mass is 10.1. The Kier molecular flexibility index (Phi) is 4.79. The number of non-ortho nitro benzene ring substituents is 1. The second kappa shape index (κ2) is 7.37. The van der Waals surface area contributed by atoms with Crippen molar-refractivity contribution < 1.29 is 4.92 Å². The smallest absolute Gasteiger partial charge is 0.258 e. The Labute approximate surface area is 162 Å². The summed E-state index contributed by atoms with van der Waals surface area (Å²) >= 11 is 5.27. The van der Waals surface area contributed by atoms with Gasteiger partial charge in [0.1, 0.15) is 0 Å². The van der Waals surface area contributed by atoms with E-state index in [1.165, 1.54) is 37.2 Å². The fourth-order valence-electron chi connectivity index (χ4n) is 2.56. The number of hydrogen-bond acceptors (Lipinski definition) is 5. The zero-order valence-electron chi connectivity index (χ0n) is 13.5. The highest BCUT2D eigenvalue weighted by atomic mass is 32.1. The van der Waals surface area contributed by atoms with E-state index in [1.807, 2.05) is 6.08 Å². The topological polar surface area (TPSA) is 43.1 Å². The highest BCUT2D eigenvalue weighted by molar-refractivity contribution is 7.26. The highest BCUT2D eigenvalue weighted by Gasteiger charge is 2.12. The average molecular weight is 396 g/mol. The lowest BCUT2D eigenvalue weighted by Gasteiger charge is -1.96. The van der Waals surface area contributed by atoms with Crippen molar-refractivity contribution in [2.45, 2.75) is 0 Å². The number of benzene rings is 1. The van der Waals surface area contributed by atoms with Gasteiger partial charge in [-0.2, -0.15) is 0 Å². The Morgan fingerprint density at radius 2 is 1.54 bits per heavy atom. The molecule has 3 nitrogen and oxygen atoms in total. The largest absolute Gasteiger partial charge is 0.269 e. The van der Waals surface area contributed by atoms with Crippen LogP contribution in [0.1, 0.15) is 11.1 Å². The number of hydrogen-bond donors (Lipinski definition) is 0. The van der Waals surface area contributed by atoms with Gasteiger partial charge in [0.15, 0.2) is 0 Å². The van der Waals surface area contributed by atoms with E-state index in [1.54, 1.807) is 46.1 Å². The second-order valence-corrected chi connectivity index (χ2v) is 8.48. The third-order valence-corrected chi connectivity index (χ3v) is 7.10. The van der Waals surface area contributed by atoms with Gasteiger partial charge in [-0.3, -0.25) is 10.1 Å². The van der Waals surface area contributed by atoms with E-state index < -0.39 is 0 Å². The molecular formula is C20H13NO2S3. The Balaban J connectivity index is 1.69. The predicted molar refractivity (Wildman–Crippen MR) is 113 cm³/mol. The highest BCUT2D eigenvalue weighted by Crippen LogP contribution is 2.42. The van der Waals surface area contributed by atoms with Crippen molar-refractivity contribution in [2.75, 3.05) is 0 Å². The van der Waals surface area contributed by atoms with Crippen molar-refractivity contribution in [3.8, 4) is 19.5 Å². The molecule has 4 rings (SSSR count). The van der Waals surface area contributed by atoms with Gasteiger partial charge in [-0.05, 0) is 52.2 Å². The van der Waals surface area contributed by atoms with E-state index >= 15 is 0 Å². The summed E-state index contributed by atoms with van der Waals surface area (Å²) in [6.45, 7) is 0. The van der Waals surface area contributed by atoms with E-state index in [9.17, 15) is 10.1 Å². The summed E-state index contributed by atoms with van der Waals surface area (Å²) in [4.78, 5) is 15.4. The first-order valence-electron chi connectivity index (χ1n) is 7.85. The molecule has 26 heavy (non-hydrogen) atoms. The van der Waals surface area contributed by atoms with Crippen molar-refractivity contribution in [2.24, 2.45) is 0 Å². The van der Waals surface area contributed by atoms with Crippen molar-refractivity contribution in [1.82, 2.24) is 0 Å². The first-order valence-corrected chi connectivity index (χ1v) is 10.4. The van der Waals surface area contributed by atoms with Crippen LogP contribution in [-0.2, 0) is 0 Å². The minimum absolute atomic E-state index is 0.108. The van der Waals surface area contributed by atoms with Gasteiger partial charge in [0, 0.05) is 26.8 Å². The molecule has 0 N–H and O–H groups in total. The fraction of sp³-hybridized carbons (Fsp3) is 0. The molecule has 0 aliphatic carbocycles. The van der Waals surface area contributed by atoms with E-state index in [-0.39, 0.29) is 10.6 Å². The van der Waals surface area contributed by atoms with Gasteiger partial charge in [0.05, 0.1) is 9.80 Å². The van der Waals surface area contributed by atoms with Crippen LogP contribution in [0.4, 0.5) is 5.69 Å². The van der Waals surface area contributed by atoms with Gasteiger partial charge >= 0.3 is 0 Å². The number of thiophene rings is 3. The quantitative estimate of drug-likeness (QED) is 0.263. The van der Waals surface area contributed by atoms with Crippen molar-refractivity contribution in [3.63, 3.8) is 0 Å². The molecular weight excluding hydrogens is 382 g/mol. The maximum atomic E-state index is 10.8. The van der Waals surface area contributed by atoms with Gasteiger partial charge in [-0.1, -0.05) is 24.3 Å². The summed E-state index contributed by atoms with van der Waals surface area (Å²) in [5.41, 5.74) is 2.22. The standard InChI is InChI=1S/C20H13NO2S3/c22-21(23)16-9-6-14(7-10-16)5-8-15-13-19(17-3-1-11-24-17)26-20(15)18-4-2-12-25-18/h1-13H. The number of nitrogens with zero attached hydrogens (tertiary/aromatic N) is 1. The first-order chi connectivity index (χ1) is 12.7. The molecule has 0 saturated heterocycles. The summed E-state index contributed by atoms with van der Waals surface area (Å²) < 4.78 is 0. The van der Waals surface area contributed by atoms with Gasteiger partial charge in [0.2, 0.25) is 0 Å². The third kappa shape index (κ3) is 3.53. The maximum absolute atomic E-state index is 10.8. The predicted octanol–water partition coefficient (Wildman–Crippen LogP) is 7.28. The Hall–Kier alpha value is -2.54. The molecule has 0 unspecified atom stereocenters. The molecule has 0 atom stereocenters. The Bertz CT molecular complexity index is 1040. The number of nitro groups is 1. The van der Waals surface area contributed by atoms with Crippen molar-refractivity contribution in [3.05, 3.63) is 86.6 Å². The van der Waals surface area contributed by atoms with Crippen molar-refractivity contribution in [1.29, 1.82) is 0 Å². The molecule has 6 heteroatoms. The van der Waals surface area contributed by atoms with E-state index in [0.29, 0.717) is 0 Å². The summed E-state index contributed by atoms with van der Waals surface area (Å²) in [5, 5.41) is 15.0. The lowest BCUT2D eigenvalue weighted by molar-refractivity contribution is -0.384. The summed E-state index contributed by atoms with van der Waals surface area (Å²) in [6.07, 6.45) is 4.09. The monoisotopic (exact) mass is 395 g/mol. The van der Waals surface area contributed by atoms with Crippen LogP contribution in [0.25, 0.3) is 31.7 Å². The van der Waals surface area contributed by atoms with Crippen LogP contribution < -0.4 is 0 Å². The van der Waals surface area contributed by atoms with Crippen LogP contribution in [0, 0.1) is 10.1 Å². The van der Waals surface area contributed by atoms with Crippen LogP contribution in [-0.4, -0.2) is 4.92 Å². The van der Waals surface area contributed by atoms with Gasteiger partial charge < -0.3 is 0 Å². The molecule has 0 aliphatic heterocycles. The third-order valence-electron chi connectivity index (χ3n) is 3.83. The summed E-state index contributed by atoms with van der Waals surface area (Å²) in [6, 6.07) is 17.2. The molecule has 0 amide bonds. The van der Waals surface area contributed by atoms with Crippen LogP contribution in [0.2, 0.25) is 0 Å². The molecule has 0 fully saturated rings. The minimum atomic E-state index is -0.380. The van der Waals surface area contributed by atoms with E-state index in [2.05, 4.69) is 47.2 Å². The normalized spacial score (nSPS) is 11.2. The minimum Gasteiger partial charge on any atom is -0.258 e. The van der Waals surface area contributed by atoms with Gasteiger partial charge in [-0.25, -0.2) is 0 Å². The molecule has 0 saturated carbocycles. The molecule has 3 aromatic heterocycles. The Morgan fingerprint density at radius 1 is 0.846 bits per heavy atom. The van der Waals surface area contributed by atoms with E-state index in [4.69, 9.17) is 0 Å². The second-order valence-electron chi connectivity index (χ2n) is 5.53. The van der Waals surface area contributed by atoms with Gasteiger partial charge in [-0.15, -0.1) is 34.0 Å². The molecule has 0 spiro atoms. The fourth-order valence-corrected chi connectivity index (χ4v) is 5.41. The SMILES string of the molecule is O=[N+]([O-])c1ccc(C=Cc2cc(-c3cccs3)sc2-c2cccs2)cc1. The molecule has 4 aromatic rings. The molecule has 128 valence electrons. The summed E-state index contributed by atoms with van der Waals surface area (Å²) in [5.74, 6) is 0. The van der Waals surface area contributed by atoms with Crippen LogP contribution in [0.5, 0.6) is 0 Å². The molecule has 1 aromatic carbocycles. The molecule has 0 aliphatic rings. The average Bonchev–Trinajstić information content (AvgIpc) is 3.40. The molecule has 0 radical (unpaired) electrons. The Morgan fingerprint density at radius 3 is 2.15 bits per heavy atom. The van der Waals surface area contributed by atoms with Crippen molar-refractivity contribution >= 4 is 51.8 Å². The zero-order valence-corrected chi connectivity index (χ0v) is 15.9. The van der Waals surface area contributed by atoms with Crippen LogP contribution >= 0.6 is 34.0 Å². The first kappa shape index (κ1) is 16.9. The summed E-state index contributed by atoms with van der Waals surface area (Å²) in [7, 11) is 0.